The van der Waals surface area contributed by atoms with Crippen LogP contribution in [0.4, 0.5) is 0 Å². The molecule has 2 aliphatic rings. The highest BCUT2D eigenvalue weighted by molar-refractivity contribution is 5.98. The molecular formula is C44H50N10O6. The number of rotatable bonds is 10. The molecule has 2 amide bonds. The highest BCUT2D eigenvalue weighted by atomic mass is 16.5. The van der Waals surface area contributed by atoms with Gasteiger partial charge in [-0.2, -0.15) is 30.0 Å². The van der Waals surface area contributed by atoms with E-state index in [0.717, 1.165) is 25.7 Å². The third kappa shape index (κ3) is 9.50. The van der Waals surface area contributed by atoms with Crippen molar-refractivity contribution in [2.24, 2.45) is 0 Å². The number of ether oxygens (including phenoxy) is 2. The third-order valence-electron chi connectivity index (χ3n) is 10.8. The number of aliphatic hydroxyl groups excluding tert-OH is 2. The largest absolute Gasteiger partial charge is 0.472 e. The van der Waals surface area contributed by atoms with E-state index in [4.69, 9.17) is 9.47 Å². The number of carbonyl (C=O) groups excluding carboxylic acids is 2. The van der Waals surface area contributed by atoms with Gasteiger partial charge in [0.05, 0.1) is 72.6 Å². The van der Waals surface area contributed by atoms with E-state index in [1.54, 1.807) is 87.4 Å². The first kappa shape index (κ1) is 41.6. The molecule has 0 aliphatic carbocycles. The molecule has 2 aromatic carbocycles. The zero-order chi connectivity index (χ0) is 42.2. The van der Waals surface area contributed by atoms with Crippen molar-refractivity contribution in [2.75, 3.05) is 13.1 Å². The predicted octanol–water partition coefficient (Wildman–Crippen LogP) is 5.58. The Kier molecular flexibility index (Phi) is 13.2. The minimum absolute atomic E-state index is 0.0796. The summed E-state index contributed by atoms with van der Waals surface area (Å²) < 4.78 is 12.2. The van der Waals surface area contributed by atoms with Crippen LogP contribution < -0.4 is 9.47 Å². The smallest absolute Gasteiger partial charge is 0.256 e. The fourth-order valence-corrected chi connectivity index (χ4v) is 7.51. The first-order valence-corrected chi connectivity index (χ1v) is 20.2. The monoisotopic (exact) mass is 814 g/mol. The maximum atomic E-state index is 13.4. The molecule has 16 nitrogen and oxygen atoms in total. The Morgan fingerprint density at radius 3 is 1.33 bits per heavy atom. The summed E-state index contributed by atoms with van der Waals surface area (Å²) in [6.45, 7) is 8.34. The maximum absolute atomic E-state index is 13.4. The highest BCUT2D eigenvalue weighted by Crippen LogP contribution is 2.30. The van der Waals surface area contributed by atoms with Crippen LogP contribution in [0.1, 0.15) is 97.4 Å². The molecular weight excluding hydrogens is 765 g/mol. The maximum Gasteiger partial charge on any atom is 0.256 e. The number of amides is 2. The molecule has 0 saturated carbocycles. The van der Waals surface area contributed by atoms with Gasteiger partial charge < -0.3 is 29.5 Å². The van der Waals surface area contributed by atoms with Crippen LogP contribution in [-0.2, 0) is 0 Å². The fourth-order valence-electron chi connectivity index (χ4n) is 7.51. The van der Waals surface area contributed by atoms with Gasteiger partial charge in [0.1, 0.15) is 12.2 Å². The quantitative estimate of drug-likeness (QED) is 0.175. The number of benzene rings is 2. The normalized spacial score (nSPS) is 20.0. The number of carbonyl (C=O) groups is 2. The van der Waals surface area contributed by atoms with Crippen molar-refractivity contribution in [3.8, 4) is 23.1 Å². The Morgan fingerprint density at radius 1 is 0.567 bits per heavy atom. The van der Waals surface area contributed by atoms with Gasteiger partial charge in [0, 0.05) is 35.6 Å². The second kappa shape index (κ2) is 19.0. The standard InChI is InChI=1S/2C22H25N5O3/c2*1-15-9-10-17(30-21-18(16(2)28)7-5-11-23-21)14-26(15)22(29)19-6-3-4-8-20(19)27-24-12-13-25-27/h2*3-8,11-13,15-17,28H,9-10,14H2,1-2H3/t15-,16+,17-;15-,16-,17-/m11/s1. The van der Waals surface area contributed by atoms with E-state index >= 15 is 0 Å². The Morgan fingerprint density at radius 2 is 0.950 bits per heavy atom. The van der Waals surface area contributed by atoms with E-state index in [2.05, 4.69) is 30.4 Å². The minimum Gasteiger partial charge on any atom is -0.472 e. The molecule has 0 bridgehead atoms. The van der Waals surface area contributed by atoms with Gasteiger partial charge in [0.2, 0.25) is 11.8 Å². The molecule has 0 radical (unpaired) electrons. The SMILES string of the molecule is C[C@@H]1CC[C@@H](Oc2ncccc2[C@@H](C)O)CN1C(=O)c1ccccc1-n1nccn1.C[C@H](O)c1cccnc1O[C@@H]1CC[C@@H](C)N(C(=O)c2ccccc2-n2nccn2)C1. The van der Waals surface area contributed by atoms with Crippen LogP contribution in [0.25, 0.3) is 11.4 Å². The van der Waals surface area contributed by atoms with E-state index in [1.807, 2.05) is 60.0 Å². The van der Waals surface area contributed by atoms with Crippen molar-refractivity contribution < 1.29 is 29.3 Å². The molecule has 0 unspecified atom stereocenters. The van der Waals surface area contributed by atoms with E-state index < -0.39 is 12.2 Å². The molecule has 16 heteroatoms. The number of para-hydroxylation sites is 2. The second-order valence-corrected chi connectivity index (χ2v) is 15.1. The summed E-state index contributed by atoms with van der Waals surface area (Å²) in [7, 11) is 0. The van der Waals surface area contributed by atoms with Gasteiger partial charge in [-0.3, -0.25) is 9.59 Å². The van der Waals surface area contributed by atoms with Gasteiger partial charge in [-0.15, -0.1) is 0 Å². The third-order valence-corrected chi connectivity index (χ3v) is 10.8. The molecule has 312 valence electrons. The summed E-state index contributed by atoms with van der Waals surface area (Å²) in [5.74, 6) is 0.669. The number of hydrogen-bond donors (Lipinski definition) is 2. The van der Waals surface area contributed by atoms with Crippen molar-refractivity contribution in [1.29, 1.82) is 0 Å². The van der Waals surface area contributed by atoms with Crippen LogP contribution in [0, 0.1) is 0 Å². The van der Waals surface area contributed by atoms with Crippen molar-refractivity contribution in [3.63, 3.8) is 0 Å². The van der Waals surface area contributed by atoms with Crippen LogP contribution in [0.3, 0.4) is 0 Å². The van der Waals surface area contributed by atoms with E-state index in [1.165, 1.54) is 9.59 Å². The Labute approximate surface area is 348 Å². The van der Waals surface area contributed by atoms with Gasteiger partial charge in [0.15, 0.2) is 0 Å². The van der Waals surface area contributed by atoms with Crippen molar-refractivity contribution >= 4 is 11.8 Å². The summed E-state index contributed by atoms with van der Waals surface area (Å²) in [5.41, 5.74) is 3.66. The lowest BCUT2D eigenvalue weighted by atomic mass is 9.99. The molecule has 2 fully saturated rings. The first-order chi connectivity index (χ1) is 29.1. The number of aliphatic hydroxyl groups is 2. The molecule has 2 saturated heterocycles. The summed E-state index contributed by atoms with van der Waals surface area (Å²) in [6.07, 6.45) is 11.1. The number of aromatic nitrogens is 8. The summed E-state index contributed by atoms with van der Waals surface area (Å²) >= 11 is 0. The fraction of sp³-hybridized carbons (Fsp3) is 0.364. The minimum atomic E-state index is -0.678. The lowest BCUT2D eigenvalue weighted by molar-refractivity contribution is 0.0359. The number of likely N-dealkylation sites (tertiary alicyclic amines) is 2. The van der Waals surface area contributed by atoms with Crippen LogP contribution >= 0.6 is 0 Å². The van der Waals surface area contributed by atoms with Gasteiger partial charge in [-0.05, 0) is 102 Å². The van der Waals surface area contributed by atoms with Crippen LogP contribution in [0.15, 0.2) is 110 Å². The van der Waals surface area contributed by atoms with E-state index in [0.29, 0.717) is 58.5 Å². The molecule has 2 aliphatic heterocycles. The molecule has 6 heterocycles. The Hall–Kier alpha value is -6.52. The van der Waals surface area contributed by atoms with Gasteiger partial charge in [0.25, 0.3) is 11.8 Å². The van der Waals surface area contributed by atoms with Crippen molar-refractivity contribution in [1.82, 2.24) is 49.8 Å². The van der Waals surface area contributed by atoms with E-state index in [-0.39, 0.29) is 36.1 Å². The number of hydrogen-bond acceptors (Lipinski definition) is 12. The summed E-state index contributed by atoms with van der Waals surface area (Å²) in [6, 6.07) is 22.0. The molecule has 2 N–H and O–H groups in total. The van der Waals surface area contributed by atoms with Crippen LogP contribution in [0.2, 0.25) is 0 Å². The van der Waals surface area contributed by atoms with Gasteiger partial charge in [-0.25, -0.2) is 9.97 Å². The molecule has 4 aromatic heterocycles. The molecule has 6 atom stereocenters. The van der Waals surface area contributed by atoms with Crippen molar-refractivity contribution in [3.05, 3.63) is 132 Å². The summed E-state index contributed by atoms with van der Waals surface area (Å²) in [4.78, 5) is 42.0. The first-order valence-electron chi connectivity index (χ1n) is 20.2. The topological polar surface area (TPSA) is 187 Å². The van der Waals surface area contributed by atoms with Crippen LogP contribution in [-0.4, -0.2) is 109 Å². The predicted molar refractivity (Wildman–Crippen MR) is 221 cm³/mol. The molecule has 60 heavy (non-hydrogen) atoms. The Bertz CT molecular complexity index is 2170. The van der Waals surface area contributed by atoms with Gasteiger partial charge >= 0.3 is 0 Å². The number of nitrogens with zero attached hydrogens (tertiary/aromatic N) is 10. The van der Waals surface area contributed by atoms with Crippen LogP contribution in [0.5, 0.6) is 11.8 Å². The molecule has 8 rings (SSSR count). The zero-order valence-corrected chi connectivity index (χ0v) is 34.1. The molecule has 6 aromatic rings. The van der Waals surface area contributed by atoms with Crippen molar-refractivity contribution in [2.45, 2.75) is 89.9 Å². The number of piperidine rings is 2. The van der Waals surface area contributed by atoms with E-state index in [9.17, 15) is 19.8 Å². The summed E-state index contributed by atoms with van der Waals surface area (Å²) in [5, 5.41) is 36.6. The zero-order valence-electron chi connectivity index (χ0n) is 34.1. The number of pyridine rings is 2. The lowest BCUT2D eigenvalue weighted by Gasteiger charge is -2.38. The average molecular weight is 815 g/mol. The second-order valence-electron chi connectivity index (χ2n) is 15.1. The average Bonchev–Trinajstić information content (AvgIpc) is 4.02. The molecule has 0 spiro atoms. The van der Waals surface area contributed by atoms with Gasteiger partial charge in [-0.1, -0.05) is 24.3 Å². The lowest BCUT2D eigenvalue weighted by Crippen LogP contribution is -2.49. The Balaban J connectivity index is 0.000000181. The highest BCUT2D eigenvalue weighted by Gasteiger charge is 2.34.